The van der Waals surface area contributed by atoms with E-state index in [-0.39, 0.29) is 6.10 Å². The van der Waals surface area contributed by atoms with Crippen LogP contribution in [0, 0.1) is 11.8 Å². The van der Waals surface area contributed by atoms with E-state index in [1.54, 1.807) is 11.3 Å². The predicted molar refractivity (Wildman–Crippen MR) is 68.7 cm³/mol. The number of rotatable bonds is 3. The average molecular weight is 232 g/mol. The Bertz CT molecular complexity index is 498. The van der Waals surface area contributed by atoms with Crippen LogP contribution in [0.1, 0.15) is 31.4 Å². The van der Waals surface area contributed by atoms with Crippen LogP contribution in [0.2, 0.25) is 0 Å². The molecule has 1 saturated carbocycles. The number of hydrogen-bond acceptors (Lipinski definition) is 2. The molecule has 1 aromatic carbocycles. The minimum absolute atomic E-state index is 0.296. The molecule has 2 aromatic rings. The van der Waals surface area contributed by atoms with E-state index in [1.165, 1.54) is 22.9 Å². The van der Waals surface area contributed by atoms with Gasteiger partial charge in [-0.1, -0.05) is 25.1 Å². The molecule has 84 valence electrons. The van der Waals surface area contributed by atoms with Crippen molar-refractivity contribution in [1.29, 1.82) is 0 Å². The molecule has 1 aliphatic rings. The second-order valence-electron chi connectivity index (χ2n) is 4.83. The quantitative estimate of drug-likeness (QED) is 0.848. The third-order valence-electron chi connectivity index (χ3n) is 3.69. The normalized spacial score (nSPS) is 19.9. The lowest BCUT2D eigenvalue weighted by atomic mass is 9.93. The van der Waals surface area contributed by atoms with Gasteiger partial charge in [0.15, 0.2) is 0 Å². The summed E-state index contributed by atoms with van der Waals surface area (Å²) in [6.07, 6.45) is 2.28. The van der Waals surface area contributed by atoms with Crippen LogP contribution in [0.5, 0.6) is 0 Å². The largest absolute Gasteiger partial charge is 0.388 e. The highest BCUT2D eigenvalue weighted by atomic mass is 32.1. The van der Waals surface area contributed by atoms with Gasteiger partial charge < -0.3 is 5.11 Å². The molecule has 1 N–H and O–H groups in total. The van der Waals surface area contributed by atoms with E-state index in [0.717, 1.165) is 11.5 Å². The van der Waals surface area contributed by atoms with E-state index >= 15 is 0 Å². The van der Waals surface area contributed by atoms with Crippen molar-refractivity contribution in [2.45, 2.75) is 25.9 Å². The van der Waals surface area contributed by atoms with Crippen LogP contribution < -0.4 is 0 Å². The lowest BCUT2D eigenvalue weighted by Gasteiger charge is -2.19. The summed E-state index contributed by atoms with van der Waals surface area (Å²) in [6, 6.07) is 8.36. The summed E-state index contributed by atoms with van der Waals surface area (Å²) < 4.78 is 1.25. The molecule has 1 aromatic heterocycles. The fraction of sp³-hybridized carbons (Fsp3) is 0.429. The Kier molecular flexibility index (Phi) is 2.49. The van der Waals surface area contributed by atoms with Gasteiger partial charge in [0.2, 0.25) is 0 Å². The second-order valence-corrected chi connectivity index (χ2v) is 5.74. The van der Waals surface area contributed by atoms with Crippen LogP contribution in [0.3, 0.4) is 0 Å². The Hall–Kier alpha value is -0.860. The topological polar surface area (TPSA) is 20.2 Å². The van der Waals surface area contributed by atoms with Gasteiger partial charge in [-0.15, -0.1) is 11.3 Å². The highest BCUT2D eigenvalue weighted by Crippen LogP contribution is 2.44. The Morgan fingerprint density at radius 2 is 2.12 bits per heavy atom. The fourth-order valence-electron chi connectivity index (χ4n) is 2.41. The molecule has 1 heterocycles. The molecule has 0 radical (unpaired) electrons. The molecule has 3 rings (SSSR count). The number of benzene rings is 1. The Balaban J connectivity index is 2.00. The van der Waals surface area contributed by atoms with Gasteiger partial charge in [-0.25, -0.2) is 0 Å². The molecular formula is C14H16OS. The van der Waals surface area contributed by atoms with Gasteiger partial charge in [-0.3, -0.25) is 0 Å². The van der Waals surface area contributed by atoms with Gasteiger partial charge in [0.1, 0.15) is 0 Å². The molecule has 0 spiro atoms. The van der Waals surface area contributed by atoms with E-state index < -0.39 is 0 Å². The zero-order chi connectivity index (χ0) is 11.1. The van der Waals surface area contributed by atoms with Gasteiger partial charge in [0.25, 0.3) is 0 Å². The molecule has 2 atom stereocenters. The number of fused-ring (bicyclic) bond motifs is 1. The van der Waals surface area contributed by atoms with E-state index in [9.17, 15) is 5.11 Å². The van der Waals surface area contributed by atoms with Gasteiger partial charge in [0, 0.05) is 4.70 Å². The Labute approximate surface area is 99.7 Å². The highest BCUT2D eigenvalue weighted by Gasteiger charge is 2.33. The molecule has 1 fully saturated rings. The summed E-state index contributed by atoms with van der Waals surface area (Å²) in [5.41, 5.74) is 1.12. The van der Waals surface area contributed by atoms with Crippen LogP contribution in [0.25, 0.3) is 10.1 Å². The van der Waals surface area contributed by atoms with Crippen molar-refractivity contribution in [1.82, 2.24) is 0 Å². The zero-order valence-electron chi connectivity index (χ0n) is 9.39. The molecule has 2 heteroatoms. The minimum Gasteiger partial charge on any atom is -0.388 e. The summed E-state index contributed by atoms with van der Waals surface area (Å²) in [6.45, 7) is 2.18. The van der Waals surface area contributed by atoms with Crippen molar-refractivity contribution in [3.05, 3.63) is 35.2 Å². The number of aliphatic hydroxyl groups excluding tert-OH is 1. The third kappa shape index (κ3) is 1.66. The van der Waals surface area contributed by atoms with Crippen LogP contribution >= 0.6 is 11.3 Å². The minimum atomic E-state index is -0.296. The first-order valence-corrected chi connectivity index (χ1v) is 6.79. The average Bonchev–Trinajstić information content (AvgIpc) is 3.04. The van der Waals surface area contributed by atoms with Crippen molar-refractivity contribution in [2.75, 3.05) is 0 Å². The summed E-state index contributed by atoms with van der Waals surface area (Å²) in [4.78, 5) is 0. The van der Waals surface area contributed by atoms with Crippen molar-refractivity contribution < 1.29 is 5.11 Å². The second kappa shape index (κ2) is 3.86. The van der Waals surface area contributed by atoms with Crippen LogP contribution in [0.15, 0.2) is 29.6 Å². The Morgan fingerprint density at radius 3 is 2.88 bits per heavy atom. The highest BCUT2D eigenvalue weighted by molar-refractivity contribution is 7.17. The molecule has 0 bridgehead atoms. The first-order valence-electron chi connectivity index (χ1n) is 5.91. The van der Waals surface area contributed by atoms with Gasteiger partial charge in [-0.05, 0) is 47.1 Å². The first-order chi connectivity index (χ1) is 7.77. The molecule has 1 aliphatic carbocycles. The fourth-order valence-corrected chi connectivity index (χ4v) is 3.36. The molecule has 1 nitrogen and oxygen atoms in total. The van der Waals surface area contributed by atoms with Crippen molar-refractivity contribution in [3.63, 3.8) is 0 Å². The molecule has 0 aliphatic heterocycles. The maximum Gasteiger partial charge on any atom is 0.0832 e. The lowest BCUT2D eigenvalue weighted by molar-refractivity contribution is 0.107. The molecule has 0 saturated heterocycles. The summed E-state index contributed by atoms with van der Waals surface area (Å²) in [7, 11) is 0. The van der Waals surface area contributed by atoms with Crippen LogP contribution in [-0.2, 0) is 0 Å². The van der Waals surface area contributed by atoms with E-state index in [1.807, 2.05) is 6.07 Å². The van der Waals surface area contributed by atoms with Crippen molar-refractivity contribution in [3.8, 4) is 0 Å². The molecular weight excluding hydrogens is 216 g/mol. The van der Waals surface area contributed by atoms with Gasteiger partial charge >= 0.3 is 0 Å². The van der Waals surface area contributed by atoms with Gasteiger partial charge in [-0.2, -0.15) is 0 Å². The monoisotopic (exact) mass is 232 g/mol. The smallest absolute Gasteiger partial charge is 0.0832 e. The van der Waals surface area contributed by atoms with E-state index in [2.05, 4.69) is 30.5 Å². The SMILES string of the molecule is CC(C1CC1)C(O)c1cccc2ccsc12. The lowest BCUT2D eigenvalue weighted by Crippen LogP contribution is -2.11. The summed E-state index contributed by atoms with van der Waals surface area (Å²) in [5.74, 6) is 1.14. The molecule has 16 heavy (non-hydrogen) atoms. The maximum atomic E-state index is 10.4. The predicted octanol–water partition coefficient (Wildman–Crippen LogP) is 3.98. The first kappa shape index (κ1) is 10.3. The number of hydrogen-bond donors (Lipinski definition) is 1. The van der Waals surface area contributed by atoms with Crippen LogP contribution in [-0.4, -0.2) is 5.11 Å². The number of thiophene rings is 1. The Morgan fingerprint density at radius 1 is 1.31 bits per heavy atom. The van der Waals surface area contributed by atoms with Crippen molar-refractivity contribution >= 4 is 21.4 Å². The van der Waals surface area contributed by atoms with E-state index in [4.69, 9.17) is 0 Å². The maximum absolute atomic E-state index is 10.4. The van der Waals surface area contributed by atoms with Crippen molar-refractivity contribution in [2.24, 2.45) is 11.8 Å². The standard InChI is InChI=1S/C14H16OS/c1-9(10-5-6-10)13(15)12-4-2-3-11-7-8-16-14(11)12/h2-4,7-10,13,15H,5-6H2,1H3. The third-order valence-corrected chi connectivity index (χ3v) is 4.67. The molecule has 0 amide bonds. The van der Waals surface area contributed by atoms with Gasteiger partial charge in [0.05, 0.1) is 6.10 Å². The van der Waals surface area contributed by atoms with Crippen LogP contribution in [0.4, 0.5) is 0 Å². The number of aliphatic hydroxyl groups is 1. The van der Waals surface area contributed by atoms with E-state index in [0.29, 0.717) is 5.92 Å². The molecule has 2 unspecified atom stereocenters. The summed E-state index contributed by atoms with van der Waals surface area (Å²) >= 11 is 1.73. The summed E-state index contributed by atoms with van der Waals surface area (Å²) in [5, 5.41) is 13.8. The zero-order valence-corrected chi connectivity index (χ0v) is 10.2.